The van der Waals surface area contributed by atoms with E-state index in [-0.39, 0.29) is 24.0 Å². The molecule has 11 heteroatoms. The molecule has 1 fully saturated rings. The summed E-state index contributed by atoms with van der Waals surface area (Å²) in [5.74, 6) is -2.18. The third kappa shape index (κ3) is 7.18. The van der Waals surface area contributed by atoms with Crippen molar-refractivity contribution in [1.29, 1.82) is 0 Å². The Balaban J connectivity index is 2.03. The van der Waals surface area contributed by atoms with Gasteiger partial charge in [-0.3, -0.25) is 9.69 Å². The maximum Gasteiger partial charge on any atom is 0.451 e. The molecule has 36 heavy (non-hydrogen) atoms. The third-order valence-electron chi connectivity index (χ3n) is 6.53. The number of halogens is 6. The summed E-state index contributed by atoms with van der Waals surface area (Å²) in [6.07, 6.45) is -6.24. The maximum atomic E-state index is 13.3. The Hall–Kier alpha value is -2.69. The Labute approximate surface area is 205 Å². The Morgan fingerprint density at radius 2 is 1.72 bits per heavy atom. The summed E-state index contributed by atoms with van der Waals surface area (Å²) in [5, 5.41) is 9.29. The first-order chi connectivity index (χ1) is 16.8. The van der Waals surface area contributed by atoms with Gasteiger partial charge in [0.25, 0.3) is 0 Å². The van der Waals surface area contributed by atoms with Gasteiger partial charge in [0.2, 0.25) is 5.82 Å². The fourth-order valence-corrected chi connectivity index (χ4v) is 4.75. The van der Waals surface area contributed by atoms with Crippen LogP contribution in [0.4, 0.5) is 26.3 Å². The van der Waals surface area contributed by atoms with E-state index in [1.807, 2.05) is 18.7 Å². The molecule has 198 valence electrons. The van der Waals surface area contributed by atoms with Gasteiger partial charge in [-0.25, -0.2) is 9.97 Å². The van der Waals surface area contributed by atoms with Gasteiger partial charge in [0.15, 0.2) is 0 Å². The van der Waals surface area contributed by atoms with Gasteiger partial charge in [-0.15, -0.1) is 0 Å². The lowest BCUT2D eigenvalue weighted by Crippen LogP contribution is -2.40. The van der Waals surface area contributed by atoms with Crippen LogP contribution in [0, 0.1) is 11.8 Å². The first-order valence-electron chi connectivity index (χ1n) is 11.8. The largest absolute Gasteiger partial charge is 0.481 e. The monoisotopic (exact) mass is 517 g/mol. The molecule has 0 aliphatic carbocycles. The number of rotatable bonds is 8. The molecule has 0 unspecified atom stereocenters. The van der Waals surface area contributed by atoms with E-state index in [0.717, 1.165) is 18.3 Å². The lowest BCUT2D eigenvalue weighted by atomic mass is 9.83. The average molecular weight is 518 g/mol. The highest BCUT2D eigenvalue weighted by Crippen LogP contribution is 2.43. The summed E-state index contributed by atoms with van der Waals surface area (Å²) in [5.41, 5.74) is -0.0676. The number of alkyl halides is 6. The Kier molecular flexibility index (Phi) is 8.63. The molecule has 0 saturated carbocycles. The number of aromatic nitrogens is 2. The standard InChI is InChI=1S/C25H29F6N3O2/c1-15(2)3-8-20(19-9-11-32-23(33-19)25(29,30)31)34-12-10-16(14-22(35)36)13-21(34)17-4-6-18(7-5-17)24(26,27)28/h4-7,9,11,15-16,20-21H,3,8,10,12-14H2,1-2H3,(H,35,36)/t16-,20-,21+/m1/s1. The first-order valence-corrected chi connectivity index (χ1v) is 11.8. The number of carboxylic acids is 1. The molecule has 0 bridgehead atoms. The molecule has 1 aliphatic rings. The summed E-state index contributed by atoms with van der Waals surface area (Å²) in [7, 11) is 0. The second-order valence-corrected chi connectivity index (χ2v) is 9.65. The number of hydrogen-bond donors (Lipinski definition) is 1. The number of nitrogens with zero attached hydrogens (tertiary/aromatic N) is 3. The molecule has 1 aromatic carbocycles. The van der Waals surface area contributed by atoms with Crippen molar-refractivity contribution in [3.8, 4) is 0 Å². The van der Waals surface area contributed by atoms with Crippen LogP contribution in [0.25, 0.3) is 0 Å². The Morgan fingerprint density at radius 3 is 2.28 bits per heavy atom. The molecule has 0 amide bonds. The number of piperidine rings is 1. The van der Waals surface area contributed by atoms with Crippen molar-refractivity contribution in [3.05, 3.63) is 59.2 Å². The van der Waals surface area contributed by atoms with Crippen LogP contribution < -0.4 is 0 Å². The van der Waals surface area contributed by atoms with Crippen LogP contribution in [-0.2, 0) is 17.1 Å². The van der Waals surface area contributed by atoms with E-state index >= 15 is 0 Å². The lowest BCUT2D eigenvalue weighted by Gasteiger charge is -2.44. The molecule has 1 N–H and O–H groups in total. The number of benzene rings is 1. The zero-order valence-corrected chi connectivity index (χ0v) is 20.0. The molecule has 3 rings (SSSR count). The van der Waals surface area contributed by atoms with Crippen LogP contribution in [-0.4, -0.2) is 32.5 Å². The normalized spacial score (nSPS) is 20.5. The summed E-state index contributed by atoms with van der Waals surface area (Å²) >= 11 is 0. The number of carbonyl (C=O) groups is 1. The summed E-state index contributed by atoms with van der Waals surface area (Å²) in [4.78, 5) is 20.5. The van der Waals surface area contributed by atoms with Crippen molar-refractivity contribution in [1.82, 2.24) is 14.9 Å². The summed E-state index contributed by atoms with van der Waals surface area (Å²) in [6, 6.07) is 5.09. The quantitative estimate of drug-likeness (QED) is 0.385. The summed E-state index contributed by atoms with van der Waals surface area (Å²) < 4.78 is 79.4. The maximum absolute atomic E-state index is 13.3. The smallest absolute Gasteiger partial charge is 0.451 e. The van der Waals surface area contributed by atoms with Gasteiger partial charge in [-0.05, 0) is 67.8 Å². The molecule has 1 aromatic heterocycles. The molecule has 2 heterocycles. The van der Waals surface area contributed by atoms with E-state index in [1.54, 1.807) is 0 Å². The SMILES string of the molecule is CC(C)CC[C@H](c1ccnc(C(F)(F)F)n1)N1CC[C@@H](CC(=O)O)C[C@H]1c1ccc(C(F)(F)F)cc1. The molecular weight excluding hydrogens is 488 g/mol. The van der Waals surface area contributed by atoms with Gasteiger partial charge < -0.3 is 5.11 Å². The zero-order valence-electron chi connectivity index (χ0n) is 20.0. The van der Waals surface area contributed by atoms with E-state index in [4.69, 9.17) is 0 Å². The van der Waals surface area contributed by atoms with Crippen LogP contribution >= 0.6 is 0 Å². The van der Waals surface area contributed by atoms with Crippen LogP contribution in [0.15, 0.2) is 36.5 Å². The van der Waals surface area contributed by atoms with E-state index in [1.165, 1.54) is 18.2 Å². The highest BCUT2D eigenvalue weighted by Gasteiger charge is 2.39. The van der Waals surface area contributed by atoms with E-state index < -0.39 is 41.8 Å². The van der Waals surface area contributed by atoms with Gasteiger partial charge in [0.1, 0.15) is 0 Å². The van der Waals surface area contributed by atoms with Gasteiger partial charge >= 0.3 is 18.3 Å². The molecule has 0 radical (unpaired) electrons. The van der Waals surface area contributed by atoms with Crippen molar-refractivity contribution in [2.45, 2.75) is 70.4 Å². The third-order valence-corrected chi connectivity index (χ3v) is 6.53. The minimum atomic E-state index is -4.72. The number of aliphatic carboxylic acids is 1. The summed E-state index contributed by atoms with van der Waals surface area (Å²) in [6.45, 7) is 4.35. The fraction of sp³-hybridized carbons (Fsp3) is 0.560. The van der Waals surface area contributed by atoms with Crippen LogP contribution in [0.3, 0.4) is 0 Å². The topological polar surface area (TPSA) is 66.3 Å². The molecule has 3 atom stereocenters. The molecule has 5 nitrogen and oxygen atoms in total. The predicted molar refractivity (Wildman–Crippen MR) is 120 cm³/mol. The van der Waals surface area contributed by atoms with Crippen LogP contribution in [0.2, 0.25) is 0 Å². The van der Waals surface area contributed by atoms with Crippen molar-refractivity contribution >= 4 is 5.97 Å². The molecular formula is C25H29F6N3O2. The lowest BCUT2D eigenvalue weighted by molar-refractivity contribution is -0.145. The minimum Gasteiger partial charge on any atom is -0.481 e. The van der Waals surface area contributed by atoms with Crippen molar-refractivity contribution < 1.29 is 36.2 Å². The van der Waals surface area contributed by atoms with Gasteiger partial charge in [-0.2, -0.15) is 26.3 Å². The minimum absolute atomic E-state index is 0.0899. The molecule has 2 aromatic rings. The van der Waals surface area contributed by atoms with Gasteiger partial charge in [-0.1, -0.05) is 26.0 Å². The average Bonchev–Trinajstić information content (AvgIpc) is 2.78. The Morgan fingerprint density at radius 1 is 1.06 bits per heavy atom. The van der Waals surface area contributed by atoms with Crippen molar-refractivity contribution in [2.75, 3.05) is 6.54 Å². The molecule has 1 saturated heterocycles. The highest BCUT2D eigenvalue weighted by molar-refractivity contribution is 5.67. The van der Waals surface area contributed by atoms with E-state index in [2.05, 4.69) is 9.97 Å². The number of likely N-dealkylation sites (tertiary alicyclic amines) is 1. The zero-order chi connectivity index (χ0) is 26.7. The van der Waals surface area contributed by atoms with Crippen LogP contribution in [0.1, 0.15) is 80.7 Å². The molecule has 0 spiro atoms. The van der Waals surface area contributed by atoms with Crippen LogP contribution in [0.5, 0.6) is 0 Å². The van der Waals surface area contributed by atoms with E-state index in [0.29, 0.717) is 37.8 Å². The second kappa shape index (κ2) is 11.1. The highest BCUT2D eigenvalue weighted by atomic mass is 19.4. The number of hydrogen-bond acceptors (Lipinski definition) is 4. The van der Waals surface area contributed by atoms with Gasteiger partial charge in [0.05, 0.1) is 17.3 Å². The fourth-order valence-electron chi connectivity index (χ4n) is 4.75. The number of carboxylic acid groups (broad SMARTS) is 1. The Bertz CT molecular complexity index is 1020. The van der Waals surface area contributed by atoms with Gasteiger partial charge in [0, 0.05) is 18.7 Å². The van der Waals surface area contributed by atoms with Crippen molar-refractivity contribution in [3.63, 3.8) is 0 Å². The predicted octanol–water partition coefficient (Wildman–Crippen LogP) is 6.92. The first kappa shape index (κ1) is 27.9. The second-order valence-electron chi connectivity index (χ2n) is 9.65. The molecule has 1 aliphatic heterocycles. The van der Waals surface area contributed by atoms with Crippen molar-refractivity contribution in [2.24, 2.45) is 11.8 Å². The van der Waals surface area contributed by atoms with E-state index in [9.17, 15) is 36.2 Å².